The van der Waals surface area contributed by atoms with Gasteiger partial charge in [-0.1, -0.05) is 19.1 Å². The van der Waals surface area contributed by atoms with Gasteiger partial charge in [0.1, 0.15) is 5.75 Å². The number of likely N-dealkylation sites (tertiary alicyclic amines) is 1. The maximum Gasteiger partial charge on any atom is 0.118 e. The van der Waals surface area contributed by atoms with Gasteiger partial charge in [-0.2, -0.15) is 0 Å². The standard InChI is InChI=1S/C15H24N2O/c1-12(13-5-7-14(18-2)8-6-13)15(11-16)17-9-3-4-10-17/h5-8,12,15H,3-4,9-11,16H2,1-2H3. The van der Waals surface area contributed by atoms with Crippen molar-refractivity contribution in [3.8, 4) is 5.75 Å². The van der Waals surface area contributed by atoms with Crippen LogP contribution in [-0.4, -0.2) is 37.7 Å². The molecule has 0 aromatic heterocycles. The zero-order valence-electron chi connectivity index (χ0n) is 11.4. The Morgan fingerprint density at radius 2 is 1.83 bits per heavy atom. The molecule has 2 unspecified atom stereocenters. The molecule has 2 atom stereocenters. The second-order valence-corrected chi connectivity index (χ2v) is 5.11. The van der Waals surface area contributed by atoms with Gasteiger partial charge in [-0.25, -0.2) is 0 Å². The third-order valence-corrected chi connectivity index (χ3v) is 4.07. The van der Waals surface area contributed by atoms with Crippen LogP contribution < -0.4 is 10.5 Å². The molecule has 1 aromatic carbocycles. The number of methoxy groups -OCH3 is 1. The summed E-state index contributed by atoms with van der Waals surface area (Å²) < 4.78 is 5.20. The fraction of sp³-hybridized carbons (Fsp3) is 0.600. The first kappa shape index (κ1) is 13.4. The van der Waals surface area contributed by atoms with E-state index < -0.39 is 0 Å². The van der Waals surface area contributed by atoms with E-state index in [1.807, 2.05) is 12.1 Å². The van der Waals surface area contributed by atoms with Crippen LogP contribution in [0.3, 0.4) is 0 Å². The zero-order valence-corrected chi connectivity index (χ0v) is 11.4. The molecule has 18 heavy (non-hydrogen) atoms. The van der Waals surface area contributed by atoms with E-state index in [1.165, 1.54) is 31.5 Å². The molecule has 0 spiro atoms. The number of nitrogens with zero attached hydrogens (tertiary/aromatic N) is 1. The molecule has 3 heteroatoms. The van der Waals surface area contributed by atoms with Crippen LogP contribution in [0.4, 0.5) is 0 Å². The number of benzene rings is 1. The fourth-order valence-corrected chi connectivity index (χ4v) is 2.87. The predicted molar refractivity (Wildman–Crippen MR) is 75.1 cm³/mol. The summed E-state index contributed by atoms with van der Waals surface area (Å²) in [6.07, 6.45) is 2.62. The summed E-state index contributed by atoms with van der Waals surface area (Å²) in [6.45, 7) is 5.40. The van der Waals surface area contributed by atoms with Crippen LogP contribution in [0.15, 0.2) is 24.3 Å². The number of ether oxygens (including phenoxy) is 1. The van der Waals surface area contributed by atoms with Crippen molar-refractivity contribution in [2.75, 3.05) is 26.7 Å². The van der Waals surface area contributed by atoms with E-state index in [0.29, 0.717) is 12.0 Å². The quantitative estimate of drug-likeness (QED) is 0.868. The van der Waals surface area contributed by atoms with Gasteiger partial charge in [0.05, 0.1) is 7.11 Å². The summed E-state index contributed by atoms with van der Waals surface area (Å²) in [5, 5.41) is 0. The van der Waals surface area contributed by atoms with Crippen LogP contribution in [0.1, 0.15) is 31.2 Å². The molecule has 0 bridgehead atoms. The van der Waals surface area contributed by atoms with Crippen molar-refractivity contribution in [2.24, 2.45) is 5.73 Å². The molecule has 0 saturated carbocycles. The lowest BCUT2D eigenvalue weighted by Crippen LogP contribution is -2.42. The number of hydrogen-bond acceptors (Lipinski definition) is 3. The Morgan fingerprint density at radius 3 is 2.33 bits per heavy atom. The molecular weight excluding hydrogens is 224 g/mol. The molecule has 0 radical (unpaired) electrons. The first-order valence-electron chi connectivity index (χ1n) is 6.84. The van der Waals surface area contributed by atoms with Gasteiger partial charge in [-0.15, -0.1) is 0 Å². The predicted octanol–water partition coefficient (Wildman–Crippen LogP) is 2.22. The Balaban J connectivity index is 2.09. The molecule has 1 heterocycles. The summed E-state index contributed by atoms with van der Waals surface area (Å²) in [5.41, 5.74) is 7.33. The van der Waals surface area contributed by atoms with Gasteiger partial charge in [0.2, 0.25) is 0 Å². The summed E-state index contributed by atoms with van der Waals surface area (Å²) in [7, 11) is 1.70. The fourth-order valence-electron chi connectivity index (χ4n) is 2.87. The molecule has 2 N–H and O–H groups in total. The molecule has 2 rings (SSSR count). The highest BCUT2D eigenvalue weighted by molar-refractivity contribution is 5.30. The van der Waals surface area contributed by atoms with Gasteiger partial charge in [0.25, 0.3) is 0 Å². The normalized spacial score (nSPS) is 19.7. The highest BCUT2D eigenvalue weighted by atomic mass is 16.5. The summed E-state index contributed by atoms with van der Waals surface area (Å²) in [4.78, 5) is 2.54. The molecule has 1 aliphatic rings. The van der Waals surface area contributed by atoms with Gasteiger partial charge in [-0.05, 0) is 49.5 Å². The van der Waals surface area contributed by atoms with Gasteiger partial charge >= 0.3 is 0 Å². The molecule has 1 fully saturated rings. The van der Waals surface area contributed by atoms with E-state index in [9.17, 15) is 0 Å². The van der Waals surface area contributed by atoms with Crippen LogP contribution in [-0.2, 0) is 0 Å². The largest absolute Gasteiger partial charge is 0.497 e. The highest BCUT2D eigenvalue weighted by Crippen LogP contribution is 2.26. The maximum atomic E-state index is 5.98. The second-order valence-electron chi connectivity index (χ2n) is 5.11. The van der Waals surface area contributed by atoms with Gasteiger partial charge in [0.15, 0.2) is 0 Å². The number of rotatable bonds is 5. The van der Waals surface area contributed by atoms with Gasteiger partial charge in [0, 0.05) is 12.6 Å². The molecule has 100 valence electrons. The van der Waals surface area contributed by atoms with E-state index in [2.05, 4.69) is 24.0 Å². The van der Waals surface area contributed by atoms with Crippen molar-refractivity contribution in [1.82, 2.24) is 4.90 Å². The Hall–Kier alpha value is -1.06. The lowest BCUT2D eigenvalue weighted by molar-refractivity contribution is 0.221. The average molecular weight is 248 g/mol. The summed E-state index contributed by atoms with van der Waals surface area (Å²) in [5.74, 6) is 1.38. The Kier molecular flexibility index (Phi) is 4.61. The van der Waals surface area contributed by atoms with E-state index in [1.54, 1.807) is 7.11 Å². The third-order valence-electron chi connectivity index (χ3n) is 4.07. The van der Waals surface area contributed by atoms with E-state index >= 15 is 0 Å². The minimum absolute atomic E-state index is 0.459. The Morgan fingerprint density at radius 1 is 1.22 bits per heavy atom. The first-order valence-corrected chi connectivity index (χ1v) is 6.84. The lowest BCUT2D eigenvalue weighted by atomic mass is 9.92. The van der Waals surface area contributed by atoms with Crippen molar-refractivity contribution in [2.45, 2.75) is 31.7 Å². The van der Waals surface area contributed by atoms with E-state index in [0.717, 1.165) is 12.3 Å². The van der Waals surface area contributed by atoms with Crippen molar-refractivity contribution in [3.63, 3.8) is 0 Å². The van der Waals surface area contributed by atoms with Crippen LogP contribution in [0.25, 0.3) is 0 Å². The minimum Gasteiger partial charge on any atom is -0.497 e. The summed E-state index contributed by atoms with van der Waals surface area (Å²) in [6, 6.07) is 8.83. The highest BCUT2D eigenvalue weighted by Gasteiger charge is 2.26. The van der Waals surface area contributed by atoms with Crippen LogP contribution in [0, 0.1) is 0 Å². The molecular formula is C15H24N2O. The van der Waals surface area contributed by atoms with Crippen LogP contribution in [0.2, 0.25) is 0 Å². The van der Waals surface area contributed by atoms with E-state index in [-0.39, 0.29) is 0 Å². The van der Waals surface area contributed by atoms with Crippen molar-refractivity contribution >= 4 is 0 Å². The Bertz CT molecular complexity index is 357. The second kappa shape index (κ2) is 6.21. The molecule has 1 aliphatic heterocycles. The summed E-state index contributed by atoms with van der Waals surface area (Å²) >= 11 is 0. The smallest absolute Gasteiger partial charge is 0.118 e. The van der Waals surface area contributed by atoms with Gasteiger partial charge in [-0.3, -0.25) is 4.90 Å². The lowest BCUT2D eigenvalue weighted by Gasteiger charge is -2.31. The first-order chi connectivity index (χ1) is 8.76. The maximum absolute atomic E-state index is 5.98. The van der Waals surface area contributed by atoms with Crippen molar-refractivity contribution in [1.29, 1.82) is 0 Å². The zero-order chi connectivity index (χ0) is 13.0. The number of hydrogen-bond donors (Lipinski definition) is 1. The van der Waals surface area contributed by atoms with Crippen LogP contribution >= 0.6 is 0 Å². The topological polar surface area (TPSA) is 38.5 Å². The molecule has 3 nitrogen and oxygen atoms in total. The minimum atomic E-state index is 0.459. The van der Waals surface area contributed by atoms with Crippen LogP contribution in [0.5, 0.6) is 5.75 Å². The average Bonchev–Trinajstić information content (AvgIpc) is 2.93. The van der Waals surface area contributed by atoms with Crippen molar-refractivity contribution < 1.29 is 4.74 Å². The molecule has 1 aromatic rings. The van der Waals surface area contributed by atoms with Crippen molar-refractivity contribution in [3.05, 3.63) is 29.8 Å². The third kappa shape index (κ3) is 2.85. The van der Waals surface area contributed by atoms with E-state index in [4.69, 9.17) is 10.5 Å². The molecule has 0 amide bonds. The number of nitrogens with two attached hydrogens (primary N) is 1. The monoisotopic (exact) mass is 248 g/mol. The SMILES string of the molecule is COc1ccc(C(C)C(CN)N2CCCC2)cc1. The molecule has 0 aliphatic carbocycles. The molecule has 1 saturated heterocycles. The Labute approximate surface area is 110 Å². The van der Waals surface area contributed by atoms with Gasteiger partial charge < -0.3 is 10.5 Å².